The van der Waals surface area contributed by atoms with E-state index >= 15 is 0 Å². The van der Waals surface area contributed by atoms with E-state index < -0.39 is 12.1 Å². The summed E-state index contributed by atoms with van der Waals surface area (Å²) in [7, 11) is 0. The Labute approximate surface area is 200 Å². The van der Waals surface area contributed by atoms with E-state index in [2.05, 4.69) is 20.6 Å². The first kappa shape index (κ1) is 24.4. The van der Waals surface area contributed by atoms with Crippen LogP contribution in [-0.4, -0.2) is 41.7 Å². The van der Waals surface area contributed by atoms with Crippen molar-refractivity contribution < 1.29 is 22.4 Å². The Bertz CT molecular complexity index is 1160. The van der Waals surface area contributed by atoms with Crippen LogP contribution in [0.15, 0.2) is 60.9 Å². The molecule has 1 aromatic carbocycles. The van der Waals surface area contributed by atoms with Gasteiger partial charge in [0, 0.05) is 38.6 Å². The minimum Gasteiger partial charge on any atom is -0.369 e. The van der Waals surface area contributed by atoms with E-state index in [4.69, 9.17) is 0 Å². The van der Waals surface area contributed by atoms with Gasteiger partial charge in [0.2, 0.25) is 0 Å². The molecule has 0 saturated carbocycles. The van der Waals surface area contributed by atoms with Gasteiger partial charge in [0.05, 0.1) is 11.5 Å². The van der Waals surface area contributed by atoms with Gasteiger partial charge in [-0.15, -0.1) is 0 Å². The lowest BCUT2D eigenvalue weighted by atomic mass is 10.1. The zero-order valence-electron chi connectivity index (χ0n) is 18.9. The van der Waals surface area contributed by atoms with Crippen LogP contribution in [0.2, 0.25) is 0 Å². The maximum atomic E-state index is 13.5. The van der Waals surface area contributed by atoms with Crippen molar-refractivity contribution in [3.05, 3.63) is 83.4 Å². The number of halogens is 4. The van der Waals surface area contributed by atoms with Crippen LogP contribution in [0.5, 0.6) is 0 Å². The van der Waals surface area contributed by atoms with Crippen molar-refractivity contribution in [2.75, 3.05) is 29.9 Å². The third kappa shape index (κ3) is 6.46. The number of alkyl halides is 3. The van der Waals surface area contributed by atoms with Crippen LogP contribution in [0.4, 0.5) is 29.2 Å². The van der Waals surface area contributed by atoms with E-state index in [1.54, 1.807) is 47.6 Å². The highest BCUT2D eigenvalue weighted by molar-refractivity contribution is 5.99. The second-order valence-electron chi connectivity index (χ2n) is 8.39. The monoisotopic (exact) mass is 487 g/mol. The molecule has 0 aliphatic carbocycles. The summed E-state index contributed by atoms with van der Waals surface area (Å²) < 4.78 is 52.9. The average Bonchev–Trinajstić information content (AvgIpc) is 3.34. The number of pyridine rings is 2. The summed E-state index contributed by atoms with van der Waals surface area (Å²) in [4.78, 5) is 23.0. The van der Waals surface area contributed by atoms with E-state index in [-0.39, 0.29) is 49.2 Å². The van der Waals surface area contributed by atoms with Gasteiger partial charge < -0.3 is 15.5 Å². The fraction of sp³-hybridized carbons (Fsp3) is 0.320. The SMILES string of the molecule is O=C(NCc1cccnc1)c1ccc(N2CCC(C(F)(F)F)C2)nc1NCCc1cccc(F)c1. The van der Waals surface area contributed by atoms with Crippen molar-refractivity contribution in [1.82, 2.24) is 15.3 Å². The Morgan fingerprint density at radius 3 is 2.66 bits per heavy atom. The van der Waals surface area contributed by atoms with Crippen LogP contribution < -0.4 is 15.5 Å². The van der Waals surface area contributed by atoms with E-state index in [1.807, 2.05) is 6.07 Å². The fourth-order valence-electron chi connectivity index (χ4n) is 3.98. The van der Waals surface area contributed by atoms with Crippen molar-refractivity contribution in [1.29, 1.82) is 0 Å². The average molecular weight is 488 g/mol. The van der Waals surface area contributed by atoms with Crippen LogP contribution in [0.1, 0.15) is 27.9 Å². The molecule has 1 atom stereocenters. The number of amides is 1. The van der Waals surface area contributed by atoms with Crippen LogP contribution in [0, 0.1) is 11.7 Å². The lowest BCUT2D eigenvalue weighted by molar-refractivity contribution is -0.168. The normalized spacial score (nSPS) is 15.8. The largest absolute Gasteiger partial charge is 0.393 e. The molecule has 1 aliphatic heterocycles. The molecule has 1 unspecified atom stereocenters. The molecular formula is C25H25F4N5O. The number of nitrogens with one attached hydrogen (secondary N) is 2. The zero-order chi connectivity index (χ0) is 24.8. The van der Waals surface area contributed by atoms with Gasteiger partial charge in [-0.3, -0.25) is 9.78 Å². The summed E-state index contributed by atoms with van der Waals surface area (Å²) in [6, 6.07) is 12.9. The third-order valence-electron chi connectivity index (χ3n) is 5.87. The molecule has 35 heavy (non-hydrogen) atoms. The van der Waals surface area contributed by atoms with E-state index in [1.165, 1.54) is 12.1 Å². The molecule has 1 saturated heterocycles. The number of benzene rings is 1. The fourth-order valence-corrected chi connectivity index (χ4v) is 3.98. The molecule has 4 rings (SSSR count). The summed E-state index contributed by atoms with van der Waals surface area (Å²) in [6.07, 6.45) is -0.505. The maximum absolute atomic E-state index is 13.5. The molecule has 0 spiro atoms. The summed E-state index contributed by atoms with van der Waals surface area (Å²) in [5.41, 5.74) is 1.86. The Hall–Kier alpha value is -3.69. The number of aromatic nitrogens is 2. The minimum absolute atomic E-state index is 0.000855. The maximum Gasteiger partial charge on any atom is 0.393 e. The molecule has 0 radical (unpaired) electrons. The Morgan fingerprint density at radius 2 is 1.94 bits per heavy atom. The second-order valence-corrected chi connectivity index (χ2v) is 8.39. The number of rotatable bonds is 8. The second kappa shape index (κ2) is 10.7. The van der Waals surface area contributed by atoms with Gasteiger partial charge in [-0.05, 0) is 54.3 Å². The number of carbonyl (C=O) groups is 1. The lowest BCUT2D eigenvalue weighted by Crippen LogP contribution is -2.28. The number of anilines is 2. The highest BCUT2D eigenvalue weighted by atomic mass is 19.4. The lowest BCUT2D eigenvalue weighted by Gasteiger charge is -2.21. The zero-order valence-corrected chi connectivity index (χ0v) is 18.9. The highest BCUT2D eigenvalue weighted by Crippen LogP contribution is 2.35. The first-order chi connectivity index (χ1) is 16.8. The quantitative estimate of drug-likeness (QED) is 0.455. The number of hydrogen-bond donors (Lipinski definition) is 2. The summed E-state index contributed by atoms with van der Waals surface area (Å²) in [5.74, 6) is -1.50. The predicted molar refractivity (Wildman–Crippen MR) is 125 cm³/mol. The van der Waals surface area contributed by atoms with Gasteiger partial charge >= 0.3 is 6.18 Å². The van der Waals surface area contributed by atoms with Crippen molar-refractivity contribution in [3.63, 3.8) is 0 Å². The summed E-state index contributed by atoms with van der Waals surface area (Å²) in [6.45, 7) is 0.669. The number of nitrogens with zero attached hydrogens (tertiary/aromatic N) is 3. The van der Waals surface area contributed by atoms with Gasteiger partial charge in [-0.2, -0.15) is 13.2 Å². The van der Waals surface area contributed by atoms with Crippen molar-refractivity contribution in [2.45, 2.75) is 25.6 Å². The van der Waals surface area contributed by atoms with E-state index in [0.29, 0.717) is 18.8 Å². The molecule has 3 heterocycles. The molecule has 1 fully saturated rings. The van der Waals surface area contributed by atoms with Gasteiger partial charge in [-0.25, -0.2) is 9.37 Å². The molecule has 1 aliphatic rings. The Morgan fingerprint density at radius 1 is 1.11 bits per heavy atom. The van der Waals surface area contributed by atoms with Crippen LogP contribution in [0.3, 0.4) is 0 Å². The smallest absolute Gasteiger partial charge is 0.369 e. The predicted octanol–water partition coefficient (Wildman–Crippen LogP) is 4.59. The van der Waals surface area contributed by atoms with Crippen LogP contribution >= 0.6 is 0 Å². The van der Waals surface area contributed by atoms with Gasteiger partial charge in [0.1, 0.15) is 17.5 Å². The van der Waals surface area contributed by atoms with Gasteiger partial charge in [-0.1, -0.05) is 18.2 Å². The molecule has 3 aromatic rings. The van der Waals surface area contributed by atoms with Crippen LogP contribution in [-0.2, 0) is 13.0 Å². The van der Waals surface area contributed by atoms with E-state index in [0.717, 1.165) is 11.1 Å². The topological polar surface area (TPSA) is 70.2 Å². The molecule has 10 heteroatoms. The number of hydrogen-bond acceptors (Lipinski definition) is 5. The molecule has 6 nitrogen and oxygen atoms in total. The van der Waals surface area contributed by atoms with Crippen molar-refractivity contribution in [3.8, 4) is 0 Å². The summed E-state index contributed by atoms with van der Waals surface area (Å²) in [5, 5.41) is 5.93. The van der Waals surface area contributed by atoms with Crippen molar-refractivity contribution in [2.24, 2.45) is 5.92 Å². The molecule has 2 N–H and O–H groups in total. The summed E-state index contributed by atoms with van der Waals surface area (Å²) >= 11 is 0. The first-order valence-electron chi connectivity index (χ1n) is 11.3. The highest BCUT2D eigenvalue weighted by Gasteiger charge is 2.43. The molecule has 184 valence electrons. The third-order valence-corrected chi connectivity index (χ3v) is 5.87. The Balaban J connectivity index is 1.50. The van der Waals surface area contributed by atoms with Gasteiger partial charge in [0.15, 0.2) is 0 Å². The minimum atomic E-state index is -4.26. The number of carbonyl (C=O) groups excluding carboxylic acids is 1. The Kier molecular flexibility index (Phi) is 7.48. The molecular weight excluding hydrogens is 462 g/mol. The molecule has 2 aromatic heterocycles. The molecule has 0 bridgehead atoms. The van der Waals surface area contributed by atoms with Crippen LogP contribution in [0.25, 0.3) is 0 Å². The standard InChI is InChI=1S/C25H25F4N5O/c26-20-5-1-3-17(13-20)8-11-31-23-21(24(35)32-15-18-4-2-10-30-14-18)6-7-22(33-23)34-12-9-19(16-34)25(27,28)29/h1-7,10,13-14,19H,8-9,11-12,15-16H2,(H,31,33)(H,32,35). The molecule has 1 amide bonds. The van der Waals surface area contributed by atoms with Gasteiger partial charge in [0.25, 0.3) is 5.91 Å². The van der Waals surface area contributed by atoms with Crippen molar-refractivity contribution >= 4 is 17.5 Å². The first-order valence-corrected chi connectivity index (χ1v) is 11.3. The van der Waals surface area contributed by atoms with E-state index in [9.17, 15) is 22.4 Å².